The average molecular weight is 306 g/mol. The van der Waals surface area contributed by atoms with Gasteiger partial charge in [0.15, 0.2) is 5.13 Å². The van der Waals surface area contributed by atoms with Crippen LogP contribution in [0.4, 0.5) is 5.13 Å². The molecule has 1 amide bonds. The van der Waals surface area contributed by atoms with Crippen LogP contribution in [-0.2, 0) is 16.1 Å². The molecule has 0 aliphatic carbocycles. The first-order valence-electron chi connectivity index (χ1n) is 6.50. The highest BCUT2D eigenvalue weighted by atomic mass is 32.1. The van der Waals surface area contributed by atoms with Gasteiger partial charge in [-0.25, -0.2) is 4.98 Å². The molecule has 0 saturated carbocycles. The maximum Gasteiger partial charge on any atom is 0.257 e. The van der Waals surface area contributed by atoms with E-state index in [2.05, 4.69) is 10.3 Å². The Morgan fingerprint density at radius 1 is 1.38 bits per heavy atom. The van der Waals surface area contributed by atoms with Gasteiger partial charge in [0, 0.05) is 7.11 Å². The van der Waals surface area contributed by atoms with Crippen molar-refractivity contribution in [2.24, 2.45) is 0 Å². The Morgan fingerprint density at radius 2 is 2.05 bits per heavy atom. The Labute approximate surface area is 127 Å². The van der Waals surface area contributed by atoms with Gasteiger partial charge in [0.25, 0.3) is 5.91 Å². The third-order valence-electron chi connectivity index (χ3n) is 3.16. The highest BCUT2D eigenvalue weighted by Crippen LogP contribution is 2.33. The topological polar surface area (TPSA) is 71.5 Å². The molecule has 0 aliphatic rings. The fourth-order valence-corrected chi connectivity index (χ4v) is 2.64. The standard InChI is InChI=1S/C15H18N2O3S/c1-15(2,20-3)13(19)17-14-16-11(9-18)12(21-14)10-7-5-4-6-8-10/h4-8,18H,9H2,1-3H3,(H,16,17,19). The van der Waals surface area contributed by atoms with E-state index in [-0.39, 0.29) is 12.5 Å². The molecule has 1 aromatic carbocycles. The summed E-state index contributed by atoms with van der Waals surface area (Å²) in [5.41, 5.74) is 0.583. The largest absolute Gasteiger partial charge is 0.390 e. The molecule has 0 radical (unpaired) electrons. The molecule has 0 bridgehead atoms. The summed E-state index contributed by atoms with van der Waals surface area (Å²) < 4.78 is 5.14. The number of ether oxygens (including phenoxy) is 1. The number of benzene rings is 1. The van der Waals surface area contributed by atoms with E-state index in [9.17, 15) is 9.90 Å². The molecule has 112 valence electrons. The van der Waals surface area contributed by atoms with Crippen LogP contribution in [-0.4, -0.2) is 28.7 Å². The van der Waals surface area contributed by atoms with E-state index in [0.717, 1.165) is 10.4 Å². The number of carbonyl (C=O) groups excluding carboxylic acids is 1. The second kappa shape index (κ2) is 6.34. The van der Waals surface area contributed by atoms with Crippen molar-refractivity contribution in [1.82, 2.24) is 4.98 Å². The number of aromatic nitrogens is 1. The molecule has 0 aliphatic heterocycles. The Bertz CT molecular complexity index is 623. The van der Waals surface area contributed by atoms with E-state index < -0.39 is 5.60 Å². The molecule has 0 fully saturated rings. The molecule has 1 aromatic heterocycles. The van der Waals surface area contributed by atoms with E-state index >= 15 is 0 Å². The maximum absolute atomic E-state index is 12.1. The van der Waals surface area contributed by atoms with Crippen molar-refractivity contribution in [1.29, 1.82) is 0 Å². The summed E-state index contributed by atoms with van der Waals surface area (Å²) >= 11 is 1.33. The van der Waals surface area contributed by atoms with Crippen LogP contribution in [0.15, 0.2) is 30.3 Å². The summed E-state index contributed by atoms with van der Waals surface area (Å²) in [6.07, 6.45) is 0. The van der Waals surface area contributed by atoms with Crippen molar-refractivity contribution in [3.05, 3.63) is 36.0 Å². The van der Waals surface area contributed by atoms with Gasteiger partial charge >= 0.3 is 0 Å². The SMILES string of the molecule is COC(C)(C)C(=O)Nc1nc(CO)c(-c2ccccc2)s1. The second-order valence-electron chi connectivity index (χ2n) is 4.99. The van der Waals surface area contributed by atoms with Crippen LogP contribution in [0.1, 0.15) is 19.5 Å². The number of anilines is 1. The number of hydrogen-bond donors (Lipinski definition) is 2. The van der Waals surface area contributed by atoms with Gasteiger partial charge in [-0.3, -0.25) is 10.1 Å². The van der Waals surface area contributed by atoms with E-state index in [1.54, 1.807) is 13.8 Å². The van der Waals surface area contributed by atoms with Crippen molar-refractivity contribution >= 4 is 22.4 Å². The molecule has 2 rings (SSSR count). The minimum atomic E-state index is -0.933. The van der Waals surface area contributed by atoms with Gasteiger partial charge in [-0.2, -0.15) is 0 Å². The van der Waals surface area contributed by atoms with Gasteiger partial charge in [-0.1, -0.05) is 41.7 Å². The molecule has 6 heteroatoms. The smallest absolute Gasteiger partial charge is 0.257 e. The minimum Gasteiger partial charge on any atom is -0.390 e. The fourth-order valence-electron chi connectivity index (χ4n) is 1.67. The van der Waals surface area contributed by atoms with E-state index in [1.165, 1.54) is 18.4 Å². The molecule has 0 atom stereocenters. The van der Waals surface area contributed by atoms with E-state index in [0.29, 0.717) is 10.8 Å². The molecule has 0 unspecified atom stereocenters. The monoisotopic (exact) mass is 306 g/mol. The zero-order valence-corrected chi connectivity index (χ0v) is 13.0. The van der Waals surface area contributed by atoms with Crippen LogP contribution < -0.4 is 5.32 Å². The van der Waals surface area contributed by atoms with Crippen molar-refractivity contribution < 1.29 is 14.6 Å². The number of thiazole rings is 1. The van der Waals surface area contributed by atoms with Gasteiger partial charge in [0.1, 0.15) is 5.60 Å². The molecule has 21 heavy (non-hydrogen) atoms. The molecule has 5 nitrogen and oxygen atoms in total. The molecule has 0 saturated heterocycles. The zero-order chi connectivity index (χ0) is 15.5. The van der Waals surface area contributed by atoms with Gasteiger partial charge in [-0.05, 0) is 19.4 Å². The summed E-state index contributed by atoms with van der Waals surface area (Å²) in [6, 6.07) is 9.65. The number of methoxy groups -OCH3 is 1. The average Bonchev–Trinajstić information content (AvgIpc) is 2.91. The summed E-state index contributed by atoms with van der Waals surface area (Å²) in [5, 5.41) is 12.6. The summed E-state index contributed by atoms with van der Waals surface area (Å²) in [7, 11) is 1.48. The lowest BCUT2D eigenvalue weighted by Crippen LogP contribution is -2.38. The predicted octanol–water partition coefficient (Wildman–Crippen LogP) is 2.67. The summed E-state index contributed by atoms with van der Waals surface area (Å²) in [6.45, 7) is 3.19. The van der Waals surface area contributed by atoms with Crippen LogP contribution in [0.2, 0.25) is 0 Å². The number of aliphatic hydroxyl groups is 1. The van der Waals surface area contributed by atoms with Gasteiger partial charge in [-0.15, -0.1) is 0 Å². The molecule has 0 spiro atoms. The lowest BCUT2D eigenvalue weighted by atomic mass is 10.1. The van der Waals surface area contributed by atoms with Gasteiger partial charge in [0.2, 0.25) is 0 Å². The van der Waals surface area contributed by atoms with Crippen LogP contribution in [0, 0.1) is 0 Å². The third-order valence-corrected chi connectivity index (χ3v) is 4.22. The zero-order valence-electron chi connectivity index (χ0n) is 12.2. The first-order chi connectivity index (χ1) is 9.97. The van der Waals surface area contributed by atoms with Crippen molar-refractivity contribution in [3.63, 3.8) is 0 Å². The van der Waals surface area contributed by atoms with Crippen LogP contribution in [0.25, 0.3) is 10.4 Å². The third kappa shape index (κ3) is 3.47. The molecular formula is C15H18N2O3S. The number of amides is 1. The predicted molar refractivity (Wildman–Crippen MR) is 83.2 cm³/mol. The molecule has 1 heterocycles. The van der Waals surface area contributed by atoms with Crippen LogP contribution in [0.3, 0.4) is 0 Å². The Kier molecular flexibility index (Phi) is 4.72. The number of rotatable bonds is 5. The fraction of sp³-hybridized carbons (Fsp3) is 0.333. The van der Waals surface area contributed by atoms with Gasteiger partial charge in [0.05, 0.1) is 17.2 Å². The Balaban J connectivity index is 2.28. The minimum absolute atomic E-state index is 0.176. The van der Waals surface area contributed by atoms with Crippen molar-refractivity contribution in [2.45, 2.75) is 26.1 Å². The number of nitrogens with one attached hydrogen (secondary N) is 1. The van der Waals surface area contributed by atoms with Crippen molar-refractivity contribution in [3.8, 4) is 10.4 Å². The maximum atomic E-state index is 12.1. The highest BCUT2D eigenvalue weighted by molar-refractivity contribution is 7.19. The lowest BCUT2D eigenvalue weighted by Gasteiger charge is -2.20. The molecular weight excluding hydrogens is 288 g/mol. The van der Waals surface area contributed by atoms with Crippen LogP contribution in [0.5, 0.6) is 0 Å². The number of hydrogen-bond acceptors (Lipinski definition) is 5. The quantitative estimate of drug-likeness (QED) is 0.891. The molecule has 2 aromatic rings. The van der Waals surface area contributed by atoms with E-state index in [1.807, 2.05) is 30.3 Å². The van der Waals surface area contributed by atoms with Gasteiger partial charge < -0.3 is 9.84 Å². The Hall–Kier alpha value is -1.76. The molecule has 2 N–H and O–H groups in total. The first kappa shape index (κ1) is 15.6. The van der Waals surface area contributed by atoms with Crippen LogP contribution >= 0.6 is 11.3 Å². The Morgan fingerprint density at radius 3 is 2.62 bits per heavy atom. The van der Waals surface area contributed by atoms with Crippen molar-refractivity contribution in [2.75, 3.05) is 12.4 Å². The number of nitrogens with zero attached hydrogens (tertiary/aromatic N) is 1. The highest BCUT2D eigenvalue weighted by Gasteiger charge is 2.28. The normalized spacial score (nSPS) is 11.4. The number of aliphatic hydroxyl groups excluding tert-OH is 1. The summed E-state index contributed by atoms with van der Waals surface area (Å²) in [4.78, 5) is 17.2. The number of carbonyl (C=O) groups is 1. The lowest BCUT2D eigenvalue weighted by molar-refractivity contribution is -0.133. The summed E-state index contributed by atoms with van der Waals surface area (Å²) in [5.74, 6) is -0.275. The second-order valence-corrected chi connectivity index (χ2v) is 5.99. The first-order valence-corrected chi connectivity index (χ1v) is 7.32. The van der Waals surface area contributed by atoms with E-state index in [4.69, 9.17) is 4.74 Å².